The zero-order valence-corrected chi connectivity index (χ0v) is 12.4. The van der Waals surface area contributed by atoms with Gasteiger partial charge in [0.05, 0.1) is 5.56 Å². The van der Waals surface area contributed by atoms with Crippen LogP contribution in [-0.4, -0.2) is 11.1 Å². The molecule has 3 nitrogen and oxygen atoms in total. The van der Waals surface area contributed by atoms with Crippen LogP contribution in [-0.2, 0) is 6.61 Å². The van der Waals surface area contributed by atoms with Gasteiger partial charge >= 0.3 is 5.97 Å². The first-order valence-corrected chi connectivity index (χ1v) is 6.68. The number of hydrogen-bond donors (Lipinski definition) is 1. The molecule has 5 heteroatoms. The van der Waals surface area contributed by atoms with Gasteiger partial charge in [0, 0.05) is 10.6 Å². The van der Waals surface area contributed by atoms with E-state index in [1.165, 1.54) is 18.2 Å². The van der Waals surface area contributed by atoms with Crippen molar-refractivity contribution in [2.24, 2.45) is 0 Å². The van der Waals surface area contributed by atoms with E-state index in [9.17, 15) is 9.18 Å². The SMILES string of the molecule is Cc1cc(Cl)cc(C)c1OCc1cccc(C(=O)O)c1F. The maximum absolute atomic E-state index is 14.0. The monoisotopic (exact) mass is 308 g/mol. The van der Waals surface area contributed by atoms with Crippen molar-refractivity contribution in [3.63, 3.8) is 0 Å². The molecular weight excluding hydrogens is 295 g/mol. The summed E-state index contributed by atoms with van der Waals surface area (Å²) < 4.78 is 19.6. The Labute approximate surface area is 126 Å². The quantitative estimate of drug-likeness (QED) is 0.912. The van der Waals surface area contributed by atoms with E-state index in [1.807, 2.05) is 13.8 Å². The number of carboxylic acids is 1. The van der Waals surface area contributed by atoms with Crippen molar-refractivity contribution in [2.75, 3.05) is 0 Å². The number of benzene rings is 2. The molecule has 0 spiro atoms. The summed E-state index contributed by atoms with van der Waals surface area (Å²) in [6.45, 7) is 3.65. The first-order chi connectivity index (χ1) is 9.90. The van der Waals surface area contributed by atoms with Gasteiger partial charge < -0.3 is 9.84 Å². The average Bonchev–Trinajstić information content (AvgIpc) is 2.38. The first kappa shape index (κ1) is 15.3. The second kappa shape index (κ2) is 6.14. The van der Waals surface area contributed by atoms with Crippen LogP contribution in [0, 0.1) is 19.7 Å². The summed E-state index contributed by atoms with van der Waals surface area (Å²) in [5.41, 5.74) is 1.52. The van der Waals surface area contributed by atoms with Crippen molar-refractivity contribution in [1.29, 1.82) is 0 Å². The Morgan fingerprint density at radius 2 is 1.90 bits per heavy atom. The molecule has 2 aromatic carbocycles. The molecule has 110 valence electrons. The minimum Gasteiger partial charge on any atom is -0.488 e. The lowest BCUT2D eigenvalue weighted by Gasteiger charge is -2.13. The van der Waals surface area contributed by atoms with Gasteiger partial charge in [-0.05, 0) is 43.2 Å². The molecule has 0 radical (unpaired) electrons. The molecule has 2 aromatic rings. The minimum atomic E-state index is -1.30. The maximum Gasteiger partial charge on any atom is 0.338 e. The van der Waals surface area contributed by atoms with Crippen molar-refractivity contribution in [2.45, 2.75) is 20.5 Å². The molecule has 0 saturated heterocycles. The molecule has 0 amide bonds. The van der Waals surface area contributed by atoms with E-state index in [2.05, 4.69) is 0 Å². The molecule has 0 heterocycles. The Balaban J connectivity index is 2.25. The average molecular weight is 309 g/mol. The fraction of sp³-hybridized carbons (Fsp3) is 0.188. The van der Waals surface area contributed by atoms with Crippen LogP contribution in [0.4, 0.5) is 4.39 Å². The van der Waals surface area contributed by atoms with Crippen LogP contribution in [0.25, 0.3) is 0 Å². The number of hydrogen-bond acceptors (Lipinski definition) is 2. The number of ether oxygens (including phenoxy) is 1. The Kier molecular flexibility index (Phi) is 4.48. The number of carbonyl (C=O) groups is 1. The van der Waals surface area contributed by atoms with Crippen LogP contribution >= 0.6 is 11.6 Å². The molecule has 0 aliphatic rings. The van der Waals surface area contributed by atoms with Crippen molar-refractivity contribution >= 4 is 17.6 Å². The third-order valence-electron chi connectivity index (χ3n) is 3.11. The summed E-state index contributed by atoms with van der Waals surface area (Å²) in [4.78, 5) is 10.9. The van der Waals surface area contributed by atoms with Gasteiger partial charge in [-0.1, -0.05) is 23.7 Å². The second-order valence-corrected chi connectivity index (χ2v) is 5.18. The molecule has 0 aliphatic carbocycles. The van der Waals surface area contributed by atoms with E-state index >= 15 is 0 Å². The predicted octanol–water partition coefficient (Wildman–Crippen LogP) is 4.37. The van der Waals surface area contributed by atoms with Crippen LogP contribution < -0.4 is 4.74 Å². The van der Waals surface area contributed by atoms with Gasteiger partial charge in [-0.3, -0.25) is 0 Å². The smallest absolute Gasteiger partial charge is 0.338 e. The largest absolute Gasteiger partial charge is 0.488 e. The number of aromatic carboxylic acids is 1. The van der Waals surface area contributed by atoms with E-state index in [0.29, 0.717) is 10.8 Å². The van der Waals surface area contributed by atoms with E-state index < -0.39 is 11.8 Å². The summed E-state index contributed by atoms with van der Waals surface area (Å²) in [5, 5.41) is 9.51. The standard InChI is InChI=1S/C16H14ClFO3/c1-9-6-12(17)7-10(2)15(9)21-8-11-4-3-5-13(14(11)18)16(19)20/h3-7H,8H2,1-2H3,(H,19,20). The van der Waals surface area contributed by atoms with Crippen molar-refractivity contribution in [3.8, 4) is 5.75 Å². The second-order valence-electron chi connectivity index (χ2n) is 4.74. The first-order valence-electron chi connectivity index (χ1n) is 6.30. The highest BCUT2D eigenvalue weighted by molar-refractivity contribution is 6.30. The molecule has 0 unspecified atom stereocenters. The summed E-state index contributed by atoms with van der Waals surface area (Å²) in [6.07, 6.45) is 0. The molecule has 0 aromatic heterocycles. The summed E-state index contributed by atoms with van der Waals surface area (Å²) >= 11 is 5.94. The normalized spacial score (nSPS) is 10.5. The van der Waals surface area contributed by atoms with Gasteiger partial charge in [-0.15, -0.1) is 0 Å². The van der Waals surface area contributed by atoms with Crippen molar-refractivity contribution < 1.29 is 19.0 Å². The minimum absolute atomic E-state index is 0.0454. The van der Waals surface area contributed by atoms with Gasteiger partial charge in [0.2, 0.25) is 0 Å². The van der Waals surface area contributed by atoms with Gasteiger partial charge in [-0.2, -0.15) is 0 Å². The summed E-state index contributed by atoms with van der Waals surface area (Å²) in [5.74, 6) is -1.44. The van der Waals surface area contributed by atoms with Gasteiger partial charge in [0.15, 0.2) is 0 Å². The summed E-state index contributed by atoms with van der Waals surface area (Å²) in [6, 6.07) is 7.73. The maximum atomic E-state index is 14.0. The molecule has 0 atom stereocenters. The summed E-state index contributed by atoms with van der Waals surface area (Å²) in [7, 11) is 0. The van der Waals surface area contributed by atoms with Gasteiger partial charge in [0.25, 0.3) is 0 Å². The van der Waals surface area contributed by atoms with Crippen LogP contribution in [0.3, 0.4) is 0 Å². The Bertz CT molecular complexity index is 675. The van der Waals surface area contributed by atoms with Crippen molar-refractivity contribution in [1.82, 2.24) is 0 Å². The molecule has 1 N–H and O–H groups in total. The zero-order valence-electron chi connectivity index (χ0n) is 11.6. The zero-order chi connectivity index (χ0) is 15.6. The molecule has 0 fully saturated rings. The number of rotatable bonds is 4. The molecule has 0 aliphatic heterocycles. The lowest BCUT2D eigenvalue weighted by Crippen LogP contribution is -2.06. The van der Waals surface area contributed by atoms with E-state index in [4.69, 9.17) is 21.4 Å². The number of carboxylic acid groups (broad SMARTS) is 1. The van der Waals surface area contributed by atoms with Crippen LogP contribution in [0.2, 0.25) is 5.02 Å². The topological polar surface area (TPSA) is 46.5 Å². The fourth-order valence-corrected chi connectivity index (χ4v) is 2.46. The van der Waals surface area contributed by atoms with Crippen molar-refractivity contribution in [3.05, 3.63) is 63.4 Å². The van der Waals surface area contributed by atoms with E-state index in [1.54, 1.807) is 12.1 Å². The highest BCUT2D eigenvalue weighted by Gasteiger charge is 2.14. The van der Waals surface area contributed by atoms with Crippen LogP contribution in [0.1, 0.15) is 27.0 Å². The predicted molar refractivity (Wildman–Crippen MR) is 78.6 cm³/mol. The molecular formula is C16H14ClFO3. The highest BCUT2D eigenvalue weighted by Crippen LogP contribution is 2.28. The Hall–Kier alpha value is -2.07. The number of halogens is 2. The van der Waals surface area contributed by atoms with Crippen LogP contribution in [0.5, 0.6) is 5.75 Å². The molecule has 0 bridgehead atoms. The lowest BCUT2D eigenvalue weighted by molar-refractivity contribution is 0.0691. The molecule has 0 saturated carbocycles. The molecule has 2 rings (SSSR count). The Morgan fingerprint density at radius 1 is 1.29 bits per heavy atom. The fourth-order valence-electron chi connectivity index (χ4n) is 2.13. The lowest BCUT2D eigenvalue weighted by atomic mass is 10.1. The third kappa shape index (κ3) is 3.34. The molecule has 21 heavy (non-hydrogen) atoms. The number of aryl methyl sites for hydroxylation is 2. The van der Waals surface area contributed by atoms with Gasteiger partial charge in [0.1, 0.15) is 18.2 Å². The highest BCUT2D eigenvalue weighted by atomic mass is 35.5. The van der Waals surface area contributed by atoms with E-state index in [-0.39, 0.29) is 17.7 Å². The van der Waals surface area contributed by atoms with Crippen LogP contribution in [0.15, 0.2) is 30.3 Å². The Morgan fingerprint density at radius 3 is 2.48 bits per heavy atom. The van der Waals surface area contributed by atoms with Gasteiger partial charge in [-0.25, -0.2) is 9.18 Å². The third-order valence-corrected chi connectivity index (χ3v) is 3.32. The van der Waals surface area contributed by atoms with E-state index in [0.717, 1.165) is 11.1 Å².